The van der Waals surface area contributed by atoms with E-state index in [1.54, 1.807) is 0 Å². The summed E-state index contributed by atoms with van der Waals surface area (Å²) in [6, 6.07) is 0. The van der Waals surface area contributed by atoms with E-state index >= 15 is 0 Å². The first-order chi connectivity index (χ1) is 8.97. The van der Waals surface area contributed by atoms with Crippen LogP contribution < -0.4 is 10.6 Å². The van der Waals surface area contributed by atoms with Crippen molar-refractivity contribution in [1.29, 1.82) is 0 Å². The van der Waals surface area contributed by atoms with Crippen molar-refractivity contribution in [2.24, 2.45) is 0 Å². The minimum absolute atomic E-state index is 0.266. The lowest BCUT2D eigenvalue weighted by atomic mass is 10.1. The third-order valence-electron chi connectivity index (χ3n) is 2.92. The number of hydrogen-bond acceptors (Lipinski definition) is 3. The first-order valence-corrected chi connectivity index (χ1v) is 6.63. The summed E-state index contributed by atoms with van der Waals surface area (Å²) in [5.41, 5.74) is 0. The van der Waals surface area contributed by atoms with E-state index < -0.39 is 24.9 Å². The van der Waals surface area contributed by atoms with Gasteiger partial charge in [-0.15, -0.1) is 0 Å². The van der Waals surface area contributed by atoms with E-state index in [0.29, 0.717) is 19.6 Å². The van der Waals surface area contributed by atoms with Gasteiger partial charge in [-0.3, -0.25) is 4.79 Å². The smallest absolute Gasteiger partial charge is 0.378 e. The molecular weight excluding hydrogens is 261 g/mol. The fraction of sp³-hybridized carbons (Fsp3) is 0.917. The Balaban J connectivity index is 1.93. The molecule has 1 fully saturated rings. The molecule has 2 N–H and O–H groups in total. The second-order valence-corrected chi connectivity index (χ2v) is 4.64. The van der Waals surface area contributed by atoms with Gasteiger partial charge in [0.05, 0.1) is 12.5 Å². The van der Waals surface area contributed by atoms with Gasteiger partial charge < -0.3 is 15.4 Å². The molecule has 0 aromatic carbocycles. The predicted octanol–water partition coefficient (Wildman–Crippen LogP) is 1.60. The van der Waals surface area contributed by atoms with E-state index in [-0.39, 0.29) is 6.10 Å². The van der Waals surface area contributed by atoms with Gasteiger partial charge in [0.25, 0.3) is 0 Å². The quantitative estimate of drug-likeness (QED) is 0.697. The van der Waals surface area contributed by atoms with E-state index in [9.17, 15) is 18.0 Å². The lowest BCUT2D eigenvalue weighted by Crippen LogP contribution is -2.33. The van der Waals surface area contributed by atoms with Crippen molar-refractivity contribution < 1.29 is 22.7 Å². The molecule has 0 aliphatic carbocycles. The Bertz CT molecular complexity index is 266. The number of halogens is 3. The zero-order valence-corrected chi connectivity index (χ0v) is 10.9. The first kappa shape index (κ1) is 16.2. The van der Waals surface area contributed by atoms with Gasteiger partial charge in [-0.2, -0.15) is 13.2 Å². The van der Waals surface area contributed by atoms with Crippen molar-refractivity contribution in [2.45, 2.75) is 44.4 Å². The molecule has 0 aromatic rings. The molecule has 1 saturated heterocycles. The number of piperidine rings is 1. The third-order valence-corrected chi connectivity index (χ3v) is 2.92. The fourth-order valence-electron chi connectivity index (χ4n) is 1.86. The largest absolute Gasteiger partial charge is 0.389 e. The summed E-state index contributed by atoms with van der Waals surface area (Å²) in [6.45, 7) is 2.81. The van der Waals surface area contributed by atoms with Gasteiger partial charge in [-0.05, 0) is 32.4 Å². The van der Waals surface area contributed by atoms with Crippen molar-refractivity contribution in [1.82, 2.24) is 10.6 Å². The van der Waals surface area contributed by atoms with Gasteiger partial charge in [-0.25, -0.2) is 0 Å². The van der Waals surface area contributed by atoms with Crippen molar-refractivity contribution in [3.05, 3.63) is 0 Å². The van der Waals surface area contributed by atoms with Gasteiger partial charge in [0.1, 0.15) is 0 Å². The Hall–Kier alpha value is -0.820. The molecule has 0 saturated carbocycles. The number of amides is 1. The highest BCUT2D eigenvalue weighted by atomic mass is 19.4. The van der Waals surface area contributed by atoms with Gasteiger partial charge >= 0.3 is 6.18 Å². The van der Waals surface area contributed by atoms with Gasteiger partial charge in [0, 0.05) is 19.6 Å². The number of ether oxygens (including phenoxy) is 1. The molecule has 1 amide bonds. The molecule has 0 spiro atoms. The summed E-state index contributed by atoms with van der Waals surface area (Å²) < 4.78 is 41.2. The van der Waals surface area contributed by atoms with Crippen LogP contribution in [0.4, 0.5) is 13.2 Å². The normalized spacial score (nSPS) is 17.4. The molecule has 0 atom stereocenters. The van der Waals surface area contributed by atoms with Gasteiger partial charge in [-0.1, -0.05) is 0 Å². The molecule has 1 aliphatic rings. The molecule has 4 nitrogen and oxygen atoms in total. The Kier molecular flexibility index (Phi) is 7.15. The lowest BCUT2D eigenvalue weighted by molar-refractivity contribution is -0.144. The molecule has 1 heterocycles. The Labute approximate surface area is 111 Å². The molecule has 19 heavy (non-hydrogen) atoms. The maximum atomic E-state index is 11.9. The number of hydrogen-bond donors (Lipinski definition) is 2. The van der Waals surface area contributed by atoms with Crippen LogP contribution in [0, 0.1) is 0 Å². The molecule has 1 aliphatic heterocycles. The lowest BCUT2D eigenvalue weighted by Gasteiger charge is -2.22. The van der Waals surface area contributed by atoms with Gasteiger partial charge in [0.2, 0.25) is 5.91 Å². The zero-order chi connectivity index (χ0) is 14.1. The summed E-state index contributed by atoms with van der Waals surface area (Å²) in [7, 11) is 0. The average molecular weight is 282 g/mol. The van der Waals surface area contributed by atoms with Crippen molar-refractivity contribution in [2.75, 3.05) is 26.2 Å². The second kappa shape index (κ2) is 8.37. The molecule has 112 valence electrons. The molecule has 1 rings (SSSR count). The SMILES string of the molecule is O=C(CCC(F)(F)F)NCCCOC1CCNCC1. The van der Waals surface area contributed by atoms with E-state index in [1.165, 1.54) is 0 Å². The van der Waals surface area contributed by atoms with Crippen LogP contribution in [0.15, 0.2) is 0 Å². The van der Waals surface area contributed by atoms with Crippen LogP contribution in [0.2, 0.25) is 0 Å². The molecule has 0 radical (unpaired) electrons. The predicted molar refractivity (Wildman–Crippen MR) is 64.8 cm³/mol. The van der Waals surface area contributed by atoms with E-state index in [0.717, 1.165) is 25.9 Å². The van der Waals surface area contributed by atoms with Crippen LogP contribution in [0.25, 0.3) is 0 Å². The summed E-state index contributed by atoms with van der Waals surface area (Å²) in [5, 5.41) is 5.69. The van der Waals surface area contributed by atoms with E-state index in [4.69, 9.17) is 4.74 Å². The van der Waals surface area contributed by atoms with E-state index in [2.05, 4.69) is 10.6 Å². The monoisotopic (exact) mass is 282 g/mol. The maximum Gasteiger partial charge on any atom is 0.389 e. The van der Waals surface area contributed by atoms with Crippen LogP contribution in [0.1, 0.15) is 32.1 Å². The fourth-order valence-corrected chi connectivity index (χ4v) is 1.86. The summed E-state index contributed by atoms with van der Waals surface area (Å²) >= 11 is 0. The first-order valence-electron chi connectivity index (χ1n) is 6.63. The minimum atomic E-state index is -4.27. The zero-order valence-electron chi connectivity index (χ0n) is 10.9. The Morgan fingerprint density at radius 3 is 2.63 bits per heavy atom. The number of alkyl halides is 3. The van der Waals surface area contributed by atoms with Crippen LogP contribution in [-0.4, -0.2) is 44.4 Å². The Morgan fingerprint density at radius 1 is 1.32 bits per heavy atom. The Morgan fingerprint density at radius 2 is 2.00 bits per heavy atom. The highest BCUT2D eigenvalue weighted by Gasteiger charge is 2.27. The third kappa shape index (κ3) is 8.83. The minimum Gasteiger partial charge on any atom is -0.378 e. The van der Waals surface area contributed by atoms with Crippen molar-refractivity contribution in [3.63, 3.8) is 0 Å². The highest BCUT2D eigenvalue weighted by molar-refractivity contribution is 5.75. The van der Waals surface area contributed by atoms with Crippen LogP contribution in [-0.2, 0) is 9.53 Å². The van der Waals surface area contributed by atoms with Crippen LogP contribution >= 0.6 is 0 Å². The van der Waals surface area contributed by atoms with Crippen molar-refractivity contribution in [3.8, 4) is 0 Å². The second-order valence-electron chi connectivity index (χ2n) is 4.64. The molecule has 0 unspecified atom stereocenters. The van der Waals surface area contributed by atoms with Crippen molar-refractivity contribution >= 4 is 5.91 Å². The maximum absolute atomic E-state index is 11.9. The molecule has 0 aromatic heterocycles. The molecule has 7 heteroatoms. The standard InChI is InChI=1S/C12H21F3N2O2/c13-12(14,15)5-2-11(18)17-6-1-9-19-10-3-7-16-8-4-10/h10,16H,1-9H2,(H,17,18). The topological polar surface area (TPSA) is 50.4 Å². The van der Waals surface area contributed by atoms with Gasteiger partial charge in [0.15, 0.2) is 0 Å². The summed E-state index contributed by atoms with van der Waals surface area (Å²) in [4.78, 5) is 11.1. The number of carbonyl (C=O) groups excluding carboxylic acids is 1. The summed E-state index contributed by atoms with van der Waals surface area (Å²) in [6.07, 6.45) is -2.97. The highest BCUT2D eigenvalue weighted by Crippen LogP contribution is 2.20. The van der Waals surface area contributed by atoms with E-state index in [1.807, 2.05) is 0 Å². The van der Waals surface area contributed by atoms with Crippen LogP contribution in [0.5, 0.6) is 0 Å². The molecular formula is C12H21F3N2O2. The van der Waals surface area contributed by atoms with Crippen LogP contribution in [0.3, 0.4) is 0 Å². The number of carbonyl (C=O) groups is 1. The number of nitrogens with one attached hydrogen (secondary N) is 2. The number of rotatable bonds is 7. The summed E-state index contributed by atoms with van der Waals surface area (Å²) in [5.74, 6) is -0.556. The molecule has 0 bridgehead atoms. The average Bonchev–Trinajstić information content (AvgIpc) is 2.36.